The number of likely N-dealkylation sites (tertiary alicyclic amines) is 1. The van der Waals surface area contributed by atoms with Gasteiger partial charge in [-0.2, -0.15) is 0 Å². The minimum Gasteiger partial charge on any atom is -0.508 e. The molecule has 2 aromatic carbocycles. The van der Waals surface area contributed by atoms with Gasteiger partial charge < -0.3 is 19.8 Å². The SMILES string of the molecule is CCCCCN1C(=O)C(=O)/C(=C(\O)c2ccc(OC)c(Cl)c2)C1c1ccc(O)cc1. The first-order valence-electron chi connectivity index (χ1n) is 9.80. The third kappa shape index (κ3) is 4.14. The van der Waals surface area contributed by atoms with Gasteiger partial charge in [0.25, 0.3) is 11.7 Å². The highest BCUT2D eigenvalue weighted by Crippen LogP contribution is 2.40. The number of unbranched alkanes of at least 4 members (excludes halogenated alkanes) is 2. The van der Waals surface area contributed by atoms with Gasteiger partial charge in [0.1, 0.15) is 17.3 Å². The number of phenolic OH excluding ortho intramolecular Hbond substituents is 1. The normalized spacial score (nSPS) is 18.1. The number of phenols is 1. The predicted molar refractivity (Wildman–Crippen MR) is 115 cm³/mol. The summed E-state index contributed by atoms with van der Waals surface area (Å²) in [7, 11) is 1.48. The average molecular weight is 430 g/mol. The smallest absolute Gasteiger partial charge is 0.295 e. The number of aliphatic hydroxyl groups excluding tert-OH is 1. The Hall–Kier alpha value is -2.99. The number of ether oxygens (including phenoxy) is 1. The number of Topliss-reactive ketones (excluding diaryl/α,β-unsaturated/α-hetero) is 1. The van der Waals surface area contributed by atoms with Gasteiger partial charge in [-0.15, -0.1) is 0 Å². The van der Waals surface area contributed by atoms with E-state index in [1.807, 2.05) is 0 Å². The molecule has 30 heavy (non-hydrogen) atoms. The van der Waals surface area contributed by atoms with Crippen molar-refractivity contribution in [2.75, 3.05) is 13.7 Å². The van der Waals surface area contributed by atoms with Crippen LogP contribution in [-0.4, -0.2) is 40.5 Å². The molecule has 1 amide bonds. The second kappa shape index (κ2) is 9.22. The molecule has 0 aliphatic carbocycles. The number of carbonyl (C=O) groups is 2. The molecule has 2 aromatic rings. The molecule has 1 heterocycles. The molecule has 0 radical (unpaired) electrons. The second-order valence-corrected chi connectivity index (χ2v) is 7.55. The summed E-state index contributed by atoms with van der Waals surface area (Å²) in [6.45, 7) is 2.45. The van der Waals surface area contributed by atoms with Crippen molar-refractivity contribution < 1.29 is 24.5 Å². The summed E-state index contributed by atoms with van der Waals surface area (Å²) in [4.78, 5) is 27.2. The molecule has 7 heteroatoms. The third-order valence-electron chi connectivity index (χ3n) is 5.18. The van der Waals surface area contributed by atoms with E-state index in [0.29, 0.717) is 23.4 Å². The number of ketones is 1. The fourth-order valence-electron chi connectivity index (χ4n) is 3.62. The van der Waals surface area contributed by atoms with Crippen molar-refractivity contribution >= 4 is 29.1 Å². The Morgan fingerprint density at radius 1 is 1.13 bits per heavy atom. The van der Waals surface area contributed by atoms with Crippen LogP contribution in [-0.2, 0) is 9.59 Å². The molecule has 6 nitrogen and oxygen atoms in total. The molecule has 1 aliphatic heterocycles. The predicted octanol–water partition coefficient (Wildman–Crippen LogP) is 4.67. The minimum atomic E-state index is -0.747. The van der Waals surface area contributed by atoms with Gasteiger partial charge in [-0.25, -0.2) is 0 Å². The first-order chi connectivity index (χ1) is 14.4. The molecule has 2 N–H and O–H groups in total. The second-order valence-electron chi connectivity index (χ2n) is 7.14. The molecule has 1 saturated heterocycles. The van der Waals surface area contributed by atoms with Gasteiger partial charge in [0.15, 0.2) is 0 Å². The van der Waals surface area contributed by atoms with Gasteiger partial charge in [-0.05, 0) is 42.3 Å². The van der Waals surface area contributed by atoms with Gasteiger partial charge in [0, 0.05) is 12.1 Å². The van der Waals surface area contributed by atoms with Crippen molar-refractivity contribution in [3.8, 4) is 11.5 Å². The maximum absolute atomic E-state index is 12.9. The molecular weight excluding hydrogens is 406 g/mol. The first kappa shape index (κ1) is 21.7. The van der Waals surface area contributed by atoms with Crippen LogP contribution in [0.15, 0.2) is 48.0 Å². The lowest BCUT2D eigenvalue weighted by Crippen LogP contribution is -2.30. The molecule has 0 aromatic heterocycles. The van der Waals surface area contributed by atoms with Crippen molar-refractivity contribution in [2.45, 2.75) is 32.2 Å². The van der Waals surface area contributed by atoms with E-state index in [0.717, 1.165) is 19.3 Å². The van der Waals surface area contributed by atoms with E-state index in [1.54, 1.807) is 24.3 Å². The summed E-state index contributed by atoms with van der Waals surface area (Å²) >= 11 is 6.18. The number of nitrogens with zero attached hydrogens (tertiary/aromatic N) is 1. The van der Waals surface area contributed by atoms with E-state index in [2.05, 4.69) is 6.92 Å². The van der Waals surface area contributed by atoms with Crippen LogP contribution in [0.4, 0.5) is 0 Å². The van der Waals surface area contributed by atoms with Crippen molar-refractivity contribution in [3.05, 3.63) is 64.2 Å². The van der Waals surface area contributed by atoms with Crippen LogP contribution in [0.3, 0.4) is 0 Å². The van der Waals surface area contributed by atoms with Gasteiger partial charge in [-0.1, -0.05) is 43.5 Å². The summed E-state index contributed by atoms with van der Waals surface area (Å²) < 4.78 is 5.13. The number of aliphatic hydroxyl groups is 1. The molecule has 0 bridgehead atoms. The number of hydrogen-bond acceptors (Lipinski definition) is 5. The van der Waals surface area contributed by atoms with E-state index < -0.39 is 17.7 Å². The zero-order chi connectivity index (χ0) is 21.8. The summed E-state index contributed by atoms with van der Waals surface area (Å²) in [6, 6.07) is 10.2. The molecule has 0 saturated carbocycles. The zero-order valence-corrected chi connectivity index (χ0v) is 17.6. The van der Waals surface area contributed by atoms with Crippen LogP contribution < -0.4 is 4.74 Å². The lowest BCUT2D eigenvalue weighted by Gasteiger charge is -2.25. The van der Waals surface area contributed by atoms with E-state index in [9.17, 15) is 19.8 Å². The minimum absolute atomic E-state index is 0.00317. The summed E-state index contributed by atoms with van der Waals surface area (Å²) in [5.74, 6) is -1.18. The number of aromatic hydroxyl groups is 1. The molecule has 3 rings (SSSR count). The molecular formula is C23H24ClNO5. The number of benzene rings is 2. The van der Waals surface area contributed by atoms with Crippen molar-refractivity contribution in [1.29, 1.82) is 0 Å². The Balaban J connectivity index is 2.12. The number of carbonyl (C=O) groups excluding carboxylic acids is 2. The van der Waals surface area contributed by atoms with Crippen molar-refractivity contribution in [1.82, 2.24) is 4.90 Å². The highest BCUT2D eigenvalue weighted by molar-refractivity contribution is 6.46. The molecule has 1 unspecified atom stereocenters. The van der Waals surface area contributed by atoms with E-state index in [4.69, 9.17) is 16.3 Å². The van der Waals surface area contributed by atoms with Gasteiger partial charge in [-0.3, -0.25) is 9.59 Å². The maximum Gasteiger partial charge on any atom is 0.295 e. The highest BCUT2D eigenvalue weighted by atomic mass is 35.5. The standard InChI is InChI=1S/C23H24ClNO5/c1-3-4-5-12-25-20(14-6-9-16(26)10-7-14)19(22(28)23(25)29)21(27)15-8-11-18(30-2)17(24)13-15/h6-11,13,20,26-27H,3-5,12H2,1-2H3/b21-19-. The fraction of sp³-hybridized carbons (Fsp3) is 0.304. The van der Waals surface area contributed by atoms with Gasteiger partial charge in [0.2, 0.25) is 0 Å². The Morgan fingerprint density at radius 3 is 2.43 bits per heavy atom. The van der Waals surface area contributed by atoms with Crippen molar-refractivity contribution in [2.24, 2.45) is 0 Å². The van der Waals surface area contributed by atoms with Crippen LogP contribution in [0, 0.1) is 0 Å². The summed E-state index contributed by atoms with van der Waals surface area (Å²) in [5, 5.41) is 20.9. The molecule has 1 atom stereocenters. The molecule has 1 fully saturated rings. The van der Waals surface area contributed by atoms with Gasteiger partial charge >= 0.3 is 0 Å². The summed E-state index contributed by atoms with van der Waals surface area (Å²) in [5.41, 5.74) is 0.948. The molecule has 1 aliphatic rings. The topological polar surface area (TPSA) is 87.1 Å². The third-order valence-corrected chi connectivity index (χ3v) is 5.47. The van der Waals surface area contributed by atoms with Gasteiger partial charge in [0.05, 0.1) is 23.7 Å². The Morgan fingerprint density at radius 2 is 1.83 bits per heavy atom. The first-order valence-corrected chi connectivity index (χ1v) is 10.2. The lowest BCUT2D eigenvalue weighted by molar-refractivity contribution is -0.139. The zero-order valence-electron chi connectivity index (χ0n) is 16.9. The van der Waals surface area contributed by atoms with E-state index >= 15 is 0 Å². The monoisotopic (exact) mass is 429 g/mol. The Bertz CT molecular complexity index is 984. The van der Waals surface area contributed by atoms with Crippen LogP contribution >= 0.6 is 11.6 Å². The summed E-state index contributed by atoms with van der Waals surface area (Å²) in [6.07, 6.45) is 2.63. The highest BCUT2D eigenvalue weighted by Gasteiger charge is 2.45. The number of halogens is 1. The fourth-order valence-corrected chi connectivity index (χ4v) is 3.87. The van der Waals surface area contributed by atoms with Crippen molar-refractivity contribution in [3.63, 3.8) is 0 Å². The van der Waals surface area contributed by atoms with E-state index in [1.165, 1.54) is 30.2 Å². The number of amides is 1. The van der Waals surface area contributed by atoms with Crippen LogP contribution in [0.1, 0.15) is 43.4 Å². The van der Waals surface area contributed by atoms with E-state index in [-0.39, 0.29) is 22.1 Å². The number of methoxy groups -OCH3 is 1. The van der Waals surface area contributed by atoms with Crippen LogP contribution in [0.2, 0.25) is 5.02 Å². The molecule has 0 spiro atoms. The largest absolute Gasteiger partial charge is 0.508 e. The maximum atomic E-state index is 12.9. The number of rotatable bonds is 7. The van der Waals surface area contributed by atoms with Crippen LogP contribution in [0.25, 0.3) is 5.76 Å². The quantitative estimate of drug-likeness (QED) is 0.289. The number of hydrogen-bond donors (Lipinski definition) is 2. The average Bonchev–Trinajstić information content (AvgIpc) is 2.99. The van der Waals surface area contributed by atoms with Crippen LogP contribution in [0.5, 0.6) is 11.5 Å². The Labute approximate surface area is 180 Å². The molecule has 158 valence electrons. The lowest BCUT2D eigenvalue weighted by atomic mass is 9.95. The Kier molecular flexibility index (Phi) is 6.67.